The van der Waals surface area contributed by atoms with Crippen molar-refractivity contribution in [2.75, 3.05) is 5.32 Å². The molecular weight excluding hydrogens is 276 g/mol. The third-order valence-corrected chi connectivity index (χ3v) is 2.89. The number of rotatable bonds is 6. The quantitative estimate of drug-likeness (QED) is 0.466. The number of nitrogens with zero attached hydrogens (tertiary/aromatic N) is 3. The van der Waals surface area contributed by atoms with Crippen LogP contribution in [-0.2, 0) is 4.79 Å². The van der Waals surface area contributed by atoms with Crippen LogP contribution >= 0.6 is 11.6 Å². The number of hydrogen-bond donors (Lipinski definition) is 2. The highest BCUT2D eigenvalue weighted by Gasteiger charge is 2.27. The minimum atomic E-state index is -1.11. The highest BCUT2D eigenvalue weighted by atomic mass is 35.5. The van der Waals surface area contributed by atoms with Crippen molar-refractivity contribution in [3.63, 3.8) is 0 Å². The molecule has 2 unspecified atom stereocenters. The second kappa shape index (κ2) is 6.28. The van der Waals surface area contributed by atoms with Crippen LogP contribution in [0.25, 0.3) is 0 Å². The van der Waals surface area contributed by atoms with Crippen molar-refractivity contribution in [1.29, 1.82) is 0 Å². The van der Waals surface area contributed by atoms with Crippen molar-refractivity contribution in [1.82, 2.24) is 9.97 Å². The summed E-state index contributed by atoms with van der Waals surface area (Å²) >= 11 is 5.57. The summed E-state index contributed by atoms with van der Waals surface area (Å²) in [6.07, 6.45) is 1.53. The molecule has 1 aromatic heterocycles. The maximum absolute atomic E-state index is 11.2. The predicted octanol–water partition coefficient (Wildman–Crippen LogP) is 1.95. The largest absolute Gasteiger partial charge is 0.480 e. The summed E-state index contributed by atoms with van der Waals surface area (Å²) < 4.78 is 0. The van der Waals surface area contributed by atoms with Crippen LogP contribution in [0, 0.1) is 16.0 Å². The van der Waals surface area contributed by atoms with Gasteiger partial charge in [0.2, 0.25) is 11.1 Å². The molecule has 0 spiro atoms. The van der Waals surface area contributed by atoms with E-state index in [-0.39, 0.29) is 17.0 Å². The zero-order chi connectivity index (χ0) is 14.6. The minimum absolute atomic E-state index is 0.193. The summed E-state index contributed by atoms with van der Waals surface area (Å²) in [5.41, 5.74) is -0.418. The fraction of sp³-hybridized carbons (Fsp3) is 0.500. The van der Waals surface area contributed by atoms with E-state index in [9.17, 15) is 14.9 Å². The van der Waals surface area contributed by atoms with Crippen LogP contribution in [0.15, 0.2) is 6.20 Å². The molecule has 0 aliphatic rings. The topological polar surface area (TPSA) is 118 Å². The van der Waals surface area contributed by atoms with Gasteiger partial charge in [0.25, 0.3) is 0 Å². The molecule has 0 amide bonds. The number of carbonyl (C=O) groups is 1. The minimum Gasteiger partial charge on any atom is -0.480 e. The molecule has 104 valence electrons. The molecular formula is C10H13ClN4O4. The zero-order valence-electron chi connectivity index (χ0n) is 10.3. The van der Waals surface area contributed by atoms with Crippen molar-refractivity contribution in [3.05, 3.63) is 21.6 Å². The lowest BCUT2D eigenvalue weighted by atomic mass is 9.99. The smallest absolute Gasteiger partial charge is 0.329 e. The van der Waals surface area contributed by atoms with Crippen LogP contribution < -0.4 is 5.32 Å². The third-order valence-electron chi connectivity index (χ3n) is 2.71. The van der Waals surface area contributed by atoms with Gasteiger partial charge in [-0.1, -0.05) is 20.3 Å². The number of carboxylic acids is 1. The fourth-order valence-electron chi connectivity index (χ4n) is 1.42. The van der Waals surface area contributed by atoms with Gasteiger partial charge in [-0.2, -0.15) is 4.98 Å². The molecule has 0 aliphatic heterocycles. The number of aliphatic carboxylic acids is 1. The van der Waals surface area contributed by atoms with Gasteiger partial charge in [0.1, 0.15) is 12.2 Å². The molecule has 0 aliphatic carbocycles. The van der Waals surface area contributed by atoms with Gasteiger partial charge in [0, 0.05) is 0 Å². The molecule has 8 nitrogen and oxygen atoms in total. The van der Waals surface area contributed by atoms with Gasteiger partial charge in [-0.25, -0.2) is 9.78 Å². The highest BCUT2D eigenvalue weighted by Crippen LogP contribution is 2.24. The molecule has 1 aromatic rings. The van der Waals surface area contributed by atoms with Gasteiger partial charge >= 0.3 is 11.7 Å². The molecule has 0 saturated carbocycles. The number of carboxylic acid groups (broad SMARTS) is 1. The number of anilines is 1. The highest BCUT2D eigenvalue weighted by molar-refractivity contribution is 6.28. The molecule has 2 atom stereocenters. The van der Waals surface area contributed by atoms with Crippen LogP contribution in [0.5, 0.6) is 0 Å². The Balaban J connectivity index is 3.11. The second-order valence-electron chi connectivity index (χ2n) is 3.98. The van der Waals surface area contributed by atoms with Crippen LogP contribution in [0.3, 0.4) is 0 Å². The Morgan fingerprint density at radius 2 is 2.32 bits per heavy atom. The van der Waals surface area contributed by atoms with Crippen molar-refractivity contribution < 1.29 is 14.8 Å². The Kier molecular flexibility index (Phi) is 4.99. The number of nitro groups is 1. The van der Waals surface area contributed by atoms with Gasteiger partial charge in [-0.3, -0.25) is 10.1 Å². The standard InChI is InChI=1S/C10H13ClN4O4/c1-3-5(2)7(9(16)17)13-8-6(15(18)19)4-12-10(11)14-8/h4-5,7H,3H2,1-2H3,(H,16,17)(H,12,13,14). The van der Waals surface area contributed by atoms with E-state index in [2.05, 4.69) is 15.3 Å². The molecule has 2 N–H and O–H groups in total. The van der Waals surface area contributed by atoms with Gasteiger partial charge < -0.3 is 10.4 Å². The summed E-state index contributed by atoms with van der Waals surface area (Å²) in [5.74, 6) is -1.54. The molecule has 0 aromatic carbocycles. The normalized spacial score (nSPS) is 13.6. The van der Waals surface area contributed by atoms with Crippen molar-refractivity contribution in [2.45, 2.75) is 26.3 Å². The fourth-order valence-corrected chi connectivity index (χ4v) is 1.56. The Hall–Kier alpha value is -1.96. The molecule has 0 saturated heterocycles. The van der Waals surface area contributed by atoms with Gasteiger partial charge in [-0.15, -0.1) is 0 Å². The van der Waals surface area contributed by atoms with E-state index in [0.29, 0.717) is 6.42 Å². The SMILES string of the molecule is CCC(C)C(Nc1nc(Cl)ncc1[N+](=O)[O-])C(=O)O. The maximum atomic E-state index is 11.2. The van der Waals surface area contributed by atoms with Crippen LogP contribution in [0.2, 0.25) is 5.28 Å². The monoisotopic (exact) mass is 288 g/mol. The van der Waals surface area contributed by atoms with Gasteiger partial charge in [0.15, 0.2) is 0 Å². The summed E-state index contributed by atoms with van der Waals surface area (Å²) in [7, 11) is 0. The van der Waals surface area contributed by atoms with E-state index >= 15 is 0 Å². The lowest BCUT2D eigenvalue weighted by Crippen LogP contribution is -2.36. The first-order valence-electron chi connectivity index (χ1n) is 5.53. The van der Waals surface area contributed by atoms with E-state index in [1.807, 2.05) is 6.92 Å². The Labute approximate surface area is 114 Å². The molecule has 19 heavy (non-hydrogen) atoms. The third kappa shape index (κ3) is 3.75. The first kappa shape index (κ1) is 15.1. The second-order valence-corrected chi connectivity index (χ2v) is 4.31. The van der Waals surface area contributed by atoms with E-state index in [1.165, 1.54) is 0 Å². The van der Waals surface area contributed by atoms with Gasteiger partial charge in [0.05, 0.1) is 4.92 Å². The van der Waals surface area contributed by atoms with Crippen LogP contribution in [-0.4, -0.2) is 32.0 Å². The lowest BCUT2D eigenvalue weighted by molar-refractivity contribution is -0.384. The van der Waals surface area contributed by atoms with E-state index in [4.69, 9.17) is 16.7 Å². The van der Waals surface area contributed by atoms with Crippen molar-refractivity contribution in [3.8, 4) is 0 Å². The van der Waals surface area contributed by atoms with E-state index in [1.54, 1.807) is 6.92 Å². The molecule has 1 rings (SSSR count). The maximum Gasteiger partial charge on any atom is 0.329 e. The number of nitrogens with one attached hydrogen (secondary N) is 1. The van der Waals surface area contributed by atoms with Crippen molar-refractivity contribution in [2.24, 2.45) is 5.92 Å². The molecule has 0 radical (unpaired) electrons. The number of halogens is 1. The first-order valence-corrected chi connectivity index (χ1v) is 5.90. The predicted molar refractivity (Wildman–Crippen MR) is 68.2 cm³/mol. The molecule has 0 bridgehead atoms. The summed E-state index contributed by atoms with van der Waals surface area (Å²) in [5, 5.41) is 22.3. The Bertz CT molecular complexity index is 496. The number of hydrogen-bond acceptors (Lipinski definition) is 6. The first-order chi connectivity index (χ1) is 8.86. The lowest BCUT2D eigenvalue weighted by Gasteiger charge is -2.20. The number of aromatic nitrogens is 2. The Morgan fingerprint density at radius 3 is 2.79 bits per heavy atom. The average Bonchev–Trinajstić information content (AvgIpc) is 2.34. The van der Waals surface area contributed by atoms with Gasteiger partial charge in [-0.05, 0) is 17.5 Å². The molecule has 9 heteroatoms. The zero-order valence-corrected chi connectivity index (χ0v) is 11.1. The summed E-state index contributed by atoms with van der Waals surface area (Å²) in [6, 6.07) is -0.991. The van der Waals surface area contributed by atoms with Crippen LogP contribution in [0.4, 0.5) is 11.5 Å². The summed E-state index contributed by atoms with van der Waals surface area (Å²) in [4.78, 5) is 28.5. The molecule has 1 heterocycles. The van der Waals surface area contributed by atoms with Crippen molar-refractivity contribution >= 4 is 29.1 Å². The average molecular weight is 289 g/mol. The van der Waals surface area contributed by atoms with Crippen LogP contribution in [0.1, 0.15) is 20.3 Å². The summed E-state index contributed by atoms with van der Waals surface area (Å²) in [6.45, 7) is 3.55. The molecule has 0 fully saturated rings. The van der Waals surface area contributed by atoms with E-state index < -0.39 is 22.6 Å². The van der Waals surface area contributed by atoms with E-state index in [0.717, 1.165) is 6.20 Å². The Morgan fingerprint density at radius 1 is 1.68 bits per heavy atom.